The summed E-state index contributed by atoms with van der Waals surface area (Å²) in [5, 5.41) is 2.85. The lowest BCUT2D eigenvalue weighted by atomic mass is 9.98. The van der Waals surface area contributed by atoms with Gasteiger partial charge in [-0.2, -0.15) is 0 Å². The van der Waals surface area contributed by atoms with Crippen LogP contribution >= 0.6 is 0 Å². The molecule has 100 valence electrons. The molecule has 0 saturated heterocycles. The average molecular weight is 256 g/mol. The number of hydrogen-bond donors (Lipinski definition) is 1. The lowest BCUT2D eigenvalue weighted by Gasteiger charge is -2.12. The largest absolute Gasteiger partial charge is 0.307 e. The van der Waals surface area contributed by atoms with E-state index in [1.165, 1.54) is 5.56 Å². The fourth-order valence-electron chi connectivity index (χ4n) is 1.96. The fraction of sp³-hybridized carbons (Fsp3) is 0.375. The first kappa shape index (κ1) is 13.5. The third-order valence-electron chi connectivity index (χ3n) is 3.27. The van der Waals surface area contributed by atoms with Gasteiger partial charge in [-0.25, -0.2) is 4.98 Å². The van der Waals surface area contributed by atoms with Crippen LogP contribution in [0.1, 0.15) is 38.7 Å². The lowest BCUT2D eigenvalue weighted by molar-refractivity contribution is -0.112. The normalized spacial score (nSPS) is 18.3. The Hall–Kier alpha value is -1.90. The molecule has 0 fully saturated rings. The van der Waals surface area contributed by atoms with Crippen molar-refractivity contribution in [1.29, 1.82) is 0 Å². The SMILES string of the molecule is CC1C=CC(C(=O)Nc2cc(C(C)C)ccn2)=CC1. The van der Waals surface area contributed by atoms with Crippen LogP contribution in [0.15, 0.2) is 42.1 Å². The molecule has 0 aliphatic heterocycles. The fourth-order valence-corrected chi connectivity index (χ4v) is 1.96. The topological polar surface area (TPSA) is 42.0 Å². The molecule has 1 atom stereocenters. The molecule has 1 amide bonds. The monoisotopic (exact) mass is 256 g/mol. The summed E-state index contributed by atoms with van der Waals surface area (Å²) >= 11 is 0. The molecule has 0 bridgehead atoms. The highest BCUT2D eigenvalue weighted by atomic mass is 16.1. The van der Waals surface area contributed by atoms with Crippen molar-refractivity contribution in [2.24, 2.45) is 5.92 Å². The minimum atomic E-state index is -0.0865. The maximum Gasteiger partial charge on any atom is 0.256 e. The molecule has 3 heteroatoms. The molecule has 1 aromatic heterocycles. The minimum absolute atomic E-state index is 0.0865. The van der Waals surface area contributed by atoms with Gasteiger partial charge in [0, 0.05) is 11.8 Å². The second-order valence-corrected chi connectivity index (χ2v) is 5.31. The number of rotatable bonds is 3. The van der Waals surface area contributed by atoms with Gasteiger partial charge in [0.2, 0.25) is 0 Å². The molecule has 0 spiro atoms. The van der Waals surface area contributed by atoms with E-state index in [1.54, 1.807) is 6.20 Å². The van der Waals surface area contributed by atoms with Gasteiger partial charge < -0.3 is 5.32 Å². The summed E-state index contributed by atoms with van der Waals surface area (Å²) in [4.78, 5) is 16.3. The van der Waals surface area contributed by atoms with E-state index in [-0.39, 0.29) is 5.91 Å². The van der Waals surface area contributed by atoms with E-state index in [9.17, 15) is 4.79 Å². The minimum Gasteiger partial charge on any atom is -0.307 e. The van der Waals surface area contributed by atoms with E-state index in [0.717, 1.165) is 12.0 Å². The Morgan fingerprint density at radius 3 is 2.89 bits per heavy atom. The molecule has 1 unspecified atom stereocenters. The number of allylic oxidation sites excluding steroid dienone is 2. The van der Waals surface area contributed by atoms with Crippen LogP contribution in [0.25, 0.3) is 0 Å². The Balaban J connectivity index is 2.07. The van der Waals surface area contributed by atoms with Gasteiger partial charge in [-0.3, -0.25) is 4.79 Å². The number of aromatic nitrogens is 1. The van der Waals surface area contributed by atoms with Gasteiger partial charge in [0.1, 0.15) is 5.82 Å². The predicted octanol–water partition coefficient (Wildman–Crippen LogP) is 3.67. The Labute approximate surface area is 114 Å². The summed E-state index contributed by atoms with van der Waals surface area (Å²) in [5.41, 5.74) is 1.89. The zero-order chi connectivity index (χ0) is 13.8. The van der Waals surface area contributed by atoms with Crippen LogP contribution in [0.3, 0.4) is 0 Å². The standard InChI is InChI=1S/C16H20N2O/c1-11(2)14-8-9-17-15(10-14)18-16(19)13-6-4-12(3)5-7-13/h4,6-12H,5H2,1-3H3,(H,17,18,19). The van der Waals surface area contributed by atoms with Crippen molar-refractivity contribution in [3.8, 4) is 0 Å². The van der Waals surface area contributed by atoms with Crippen molar-refractivity contribution in [2.45, 2.75) is 33.1 Å². The summed E-state index contributed by atoms with van der Waals surface area (Å²) in [6.07, 6.45) is 8.58. The number of hydrogen-bond acceptors (Lipinski definition) is 2. The third kappa shape index (κ3) is 3.53. The zero-order valence-electron chi connectivity index (χ0n) is 11.7. The van der Waals surface area contributed by atoms with Gasteiger partial charge in [-0.1, -0.05) is 39.0 Å². The van der Waals surface area contributed by atoms with E-state index in [0.29, 0.717) is 17.7 Å². The molecule has 0 saturated carbocycles. The Kier molecular flexibility index (Phi) is 4.15. The van der Waals surface area contributed by atoms with Crippen LogP contribution in [0.2, 0.25) is 0 Å². The van der Waals surface area contributed by atoms with Gasteiger partial charge in [0.15, 0.2) is 0 Å². The van der Waals surface area contributed by atoms with E-state index in [4.69, 9.17) is 0 Å². The van der Waals surface area contributed by atoms with Crippen molar-refractivity contribution < 1.29 is 4.79 Å². The molecule has 1 N–H and O–H groups in total. The molecular weight excluding hydrogens is 236 g/mol. The maximum absolute atomic E-state index is 12.1. The molecule has 1 aromatic rings. The van der Waals surface area contributed by atoms with Crippen LogP contribution in [0, 0.1) is 5.92 Å². The first-order valence-corrected chi connectivity index (χ1v) is 6.72. The number of carbonyl (C=O) groups is 1. The molecule has 0 radical (unpaired) electrons. The van der Waals surface area contributed by atoms with E-state index < -0.39 is 0 Å². The van der Waals surface area contributed by atoms with Crippen molar-refractivity contribution >= 4 is 11.7 Å². The quantitative estimate of drug-likeness (QED) is 0.896. The smallest absolute Gasteiger partial charge is 0.256 e. The van der Waals surface area contributed by atoms with Gasteiger partial charge in [0.25, 0.3) is 5.91 Å². The summed E-state index contributed by atoms with van der Waals surface area (Å²) in [6, 6.07) is 3.90. The Morgan fingerprint density at radius 1 is 1.47 bits per heavy atom. The summed E-state index contributed by atoms with van der Waals surface area (Å²) in [7, 11) is 0. The number of anilines is 1. The highest BCUT2D eigenvalue weighted by Gasteiger charge is 2.12. The molecule has 3 nitrogen and oxygen atoms in total. The number of nitrogens with zero attached hydrogens (tertiary/aromatic N) is 1. The Bertz CT molecular complexity index is 529. The van der Waals surface area contributed by atoms with Crippen molar-refractivity contribution in [3.05, 3.63) is 47.7 Å². The number of pyridine rings is 1. The van der Waals surface area contributed by atoms with Crippen LogP contribution in [-0.2, 0) is 4.79 Å². The molecule has 19 heavy (non-hydrogen) atoms. The highest BCUT2D eigenvalue weighted by Crippen LogP contribution is 2.19. The third-order valence-corrected chi connectivity index (χ3v) is 3.27. The van der Waals surface area contributed by atoms with Crippen LogP contribution in [-0.4, -0.2) is 10.9 Å². The van der Waals surface area contributed by atoms with Crippen LogP contribution in [0.5, 0.6) is 0 Å². The second kappa shape index (κ2) is 5.83. The summed E-state index contributed by atoms with van der Waals surface area (Å²) in [5.74, 6) is 1.47. The van der Waals surface area contributed by atoms with Crippen LogP contribution < -0.4 is 5.32 Å². The van der Waals surface area contributed by atoms with Crippen molar-refractivity contribution in [3.63, 3.8) is 0 Å². The van der Waals surface area contributed by atoms with E-state index >= 15 is 0 Å². The number of nitrogens with one attached hydrogen (secondary N) is 1. The van der Waals surface area contributed by atoms with Crippen LogP contribution in [0.4, 0.5) is 5.82 Å². The summed E-state index contributed by atoms with van der Waals surface area (Å²) in [6.45, 7) is 6.37. The van der Waals surface area contributed by atoms with Gasteiger partial charge in [-0.15, -0.1) is 0 Å². The molecule has 1 aliphatic carbocycles. The van der Waals surface area contributed by atoms with E-state index in [1.807, 2.05) is 24.3 Å². The van der Waals surface area contributed by atoms with E-state index in [2.05, 4.69) is 37.1 Å². The van der Waals surface area contributed by atoms with Gasteiger partial charge >= 0.3 is 0 Å². The molecular formula is C16H20N2O. The van der Waals surface area contributed by atoms with Crippen molar-refractivity contribution in [1.82, 2.24) is 4.98 Å². The first-order chi connectivity index (χ1) is 9.06. The average Bonchev–Trinajstić information content (AvgIpc) is 2.39. The summed E-state index contributed by atoms with van der Waals surface area (Å²) < 4.78 is 0. The highest BCUT2D eigenvalue weighted by molar-refractivity contribution is 6.05. The van der Waals surface area contributed by atoms with Crippen molar-refractivity contribution in [2.75, 3.05) is 5.32 Å². The lowest BCUT2D eigenvalue weighted by Crippen LogP contribution is -2.16. The molecule has 0 aromatic carbocycles. The van der Waals surface area contributed by atoms with Gasteiger partial charge in [-0.05, 0) is 36.0 Å². The molecule has 1 aliphatic rings. The Morgan fingerprint density at radius 2 is 2.26 bits per heavy atom. The molecule has 1 heterocycles. The predicted molar refractivity (Wildman–Crippen MR) is 78.0 cm³/mol. The number of carbonyl (C=O) groups excluding carboxylic acids is 1. The first-order valence-electron chi connectivity index (χ1n) is 6.72. The van der Waals surface area contributed by atoms with Gasteiger partial charge in [0.05, 0.1) is 0 Å². The zero-order valence-corrected chi connectivity index (χ0v) is 11.7. The molecule has 2 rings (SSSR count). The maximum atomic E-state index is 12.1. The number of amides is 1. The second-order valence-electron chi connectivity index (χ2n) is 5.31.